The number of aryl methyl sites for hydroxylation is 1. The largest absolute Gasteiger partial charge is 0.497 e. The normalized spacial score (nSPS) is 13.4. The summed E-state index contributed by atoms with van der Waals surface area (Å²) in [7, 11) is -14.1. The predicted molar refractivity (Wildman–Crippen MR) is 185 cm³/mol. The minimum atomic E-state index is -4.66. The standard InChI is InChI=1S/C34H31O11PS3/c1-24-9-18-32(22-34(24)49(41,42)44-3)48(39,40)31-19-20-33(25(21-31)23-47(36,37)38)45-27-12-16-30(17-13-27)46(35,28-7-5-4-6-8-28)29-14-10-26(43-2)11-15-29/h4-22H,23H2,1-3H3,(H,36,37,38). The molecule has 1 N–H and O–H groups in total. The van der Waals surface area contributed by atoms with Crippen molar-refractivity contribution in [2.24, 2.45) is 0 Å². The fourth-order valence-electron chi connectivity index (χ4n) is 5.10. The average molecular weight is 743 g/mol. The van der Waals surface area contributed by atoms with Gasteiger partial charge >= 0.3 is 0 Å². The summed E-state index contributed by atoms with van der Waals surface area (Å²) < 4.78 is 116. The van der Waals surface area contributed by atoms with Gasteiger partial charge in [0.1, 0.15) is 23.0 Å². The van der Waals surface area contributed by atoms with Crippen LogP contribution in [0, 0.1) is 6.92 Å². The van der Waals surface area contributed by atoms with Gasteiger partial charge in [-0.05, 0) is 91.3 Å². The Morgan fingerprint density at radius 2 is 1.18 bits per heavy atom. The molecule has 1 atom stereocenters. The van der Waals surface area contributed by atoms with E-state index in [4.69, 9.17) is 9.47 Å². The van der Waals surface area contributed by atoms with Crippen molar-refractivity contribution in [1.82, 2.24) is 0 Å². The number of sulfone groups is 1. The zero-order valence-corrected chi connectivity index (χ0v) is 29.7. The Morgan fingerprint density at radius 1 is 0.653 bits per heavy atom. The molecule has 0 saturated carbocycles. The highest BCUT2D eigenvalue weighted by Gasteiger charge is 2.30. The maximum atomic E-state index is 14.8. The first-order valence-corrected chi connectivity index (χ1v) is 20.6. The first-order chi connectivity index (χ1) is 23.1. The maximum Gasteiger partial charge on any atom is 0.297 e. The summed E-state index contributed by atoms with van der Waals surface area (Å²) >= 11 is 0. The van der Waals surface area contributed by atoms with Crippen molar-refractivity contribution in [1.29, 1.82) is 0 Å². The van der Waals surface area contributed by atoms with Gasteiger partial charge in [-0.2, -0.15) is 16.8 Å². The Kier molecular flexibility index (Phi) is 10.2. The Hall–Kier alpha value is -4.30. The molecule has 1 unspecified atom stereocenters. The second-order valence-corrected chi connectivity index (χ2v) is 18.6. The lowest BCUT2D eigenvalue weighted by Gasteiger charge is -2.20. The van der Waals surface area contributed by atoms with Crippen molar-refractivity contribution in [2.75, 3.05) is 14.2 Å². The van der Waals surface area contributed by atoms with Crippen molar-refractivity contribution < 1.29 is 48.0 Å². The Morgan fingerprint density at radius 3 is 1.73 bits per heavy atom. The molecule has 5 aromatic rings. The molecule has 49 heavy (non-hydrogen) atoms. The van der Waals surface area contributed by atoms with Gasteiger partial charge in [0.05, 0.1) is 28.9 Å². The van der Waals surface area contributed by atoms with E-state index < -0.39 is 43.0 Å². The van der Waals surface area contributed by atoms with Gasteiger partial charge in [0.25, 0.3) is 20.2 Å². The maximum absolute atomic E-state index is 14.8. The molecule has 0 aliphatic heterocycles. The molecule has 0 spiro atoms. The summed E-state index contributed by atoms with van der Waals surface area (Å²) in [6.45, 7) is 1.48. The Labute approximate surface area is 285 Å². The van der Waals surface area contributed by atoms with Crippen LogP contribution in [0.4, 0.5) is 0 Å². The lowest BCUT2D eigenvalue weighted by molar-refractivity contribution is 0.397. The van der Waals surface area contributed by atoms with Crippen LogP contribution in [0.3, 0.4) is 0 Å². The molecule has 15 heteroatoms. The number of methoxy groups -OCH3 is 1. The van der Waals surface area contributed by atoms with Crippen LogP contribution in [-0.4, -0.2) is 44.0 Å². The van der Waals surface area contributed by atoms with Gasteiger partial charge in [-0.3, -0.25) is 8.74 Å². The summed E-state index contributed by atoms with van der Waals surface area (Å²) in [5.74, 6) is -0.244. The second kappa shape index (κ2) is 13.9. The number of benzene rings is 5. The van der Waals surface area contributed by atoms with Crippen LogP contribution in [0.5, 0.6) is 17.2 Å². The van der Waals surface area contributed by atoms with Gasteiger partial charge < -0.3 is 14.0 Å². The first-order valence-electron chi connectivity index (χ1n) is 14.4. The lowest BCUT2D eigenvalue weighted by atomic mass is 10.2. The van der Waals surface area contributed by atoms with Crippen molar-refractivity contribution in [3.63, 3.8) is 0 Å². The smallest absolute Gasteiger partial charge is 0.297 e. The highest BCUT2D eigenvalue weighted by Crippen LogP contribution is 2.43. The molecule has 5 rings (SSSR count). The van der Waals surface area contributed by atoms with Gasteiger partial charge in [0.2, 0.25) is 9.84 Å². The summed E-state index contributed by atoms with van der Waals surface area (Å²) in [6.07, 6.45) is 0. The highest BCUT2D eigenvalue weighted by atomic mass is 32.2. The molecule has 0 fully saturated rings. The number of rotatable bonds is 12. The minimum Gasteiger partial charge on any atom is -0.497 e. The predicted octanol–water partition coefficient (Wildman–Crippen LogP) is 4.99. The van der Waals surface area contributed by atoms with E-state index in [1.54, 1.807) is 72.8 Å². The summed E-state index contributed by atoms with van der Waals surface area (Å²) in [5, 5.41) is 1.66. The van der Waals surface area contributed by atoms with Crippen LogP contribution < -0.4 is 25.4 Å². The van der Waals surface area contributed by atoms with E-state index in [9.17, 15) is 34.4 Å². The van der Waals surface area contributed by atoms with E-state index in [0.717, 1.165) is 19.2 Å². The third-order valence-electron chi connectivity index (χ3n) is 7.62. The molecule has 5 aromatic carbocycles. The van der Waals surface area contributed by atoms with Gasteiger partial charge in [-0.25, -0.2) is 8.42 Å². The van der Waals surface area contributed by atoms with Gasteiger partial charge in [-0.1, -0.05) is 36.4 Å². The average Bonchev–Trinajstić information content (AvgIpc) is 3.08. The molecule has 0 radical (unpaired) electrons. The second-order valence-electron chi connectivity index (χ2n) is 10.8. The number of hydrogen-bond acceptors (Lipinski definition) is 10. The molecular weight excluding hydrogens is 712 g/mol. The fraction of sp³-hybridized carbons (Fsp3) is 0.118. The Balaban J connectivity index is 1.52. The third kappa shape index (κ3) is 7.64. The van der Waals surface area contributed by atoms with Crippen LogP contribution in [0.1, 0.15) is 11.1 Å². The van der Waals surface area contributed by atoms with E-state index in [2.05, 4.69) is 4.18 Å². The molecule has 0 amide bonds. The quantitative estimate of drug-likeness (QED) is 0.104. The van der Waals surface area contributed by atoms with E-state index in [1.807, 2.05) is 6.07 Å². The minimum absolute atomic E-state index is 0.0720. The number of ether oxygens (including phenoxy) is 2. The topological polar surface area (TPSA) is 167 Å². The van der Waals surface area contributed by atoms with Gasteiger partial charge in [0.15, 0.2) is 7.14 Å². The summed E-state index contributed by atoms with van der Waals surface area (Å²) in [6, 6.07) is 29.1. The first kappa shape index (κ1) is 36.0. The number of hydrogen-bond donors (Lipinski definition) is 1. The zero-order chi connectivity index (χ0) is 35.6. The third-order valence-corrected chi connectivity index (χ3v) is 14.5. The van der Waals surface area contributed by atoms with E-state index in [0.29, 0.717) is 21.7 Å². The fourth-order valence-corrected chi connectivity index (χ4v) is 10.7. The van der Waals surface area contributed by atoms with Crippen molar-refractivity contribution >= 4 is 53.1 Å². The molecule has 0 aromatic heterocycles. The van der Waals surface area contributed by atoms with Crippen LogP contribution in [0.15, 0.2) is 130 Å². The summed E-state index contributed by atoms with van der Waals surface area (Å²) in [5.41, 5.74) is 0.0736. The Bertz CT molecular complexity index is 2380. The van der Waals surface area contributed by atoms with Gasteiger partial charge in [-0.15, -0.1) is 0 Å². The van der Waals surface area contributed by atoms with Crippen LogP contribution in [-0.2, 0) is 44.6 Å². The lowest BCUT2D eigenvalue weighted by Crippen LogP contribution is -2.24. The van der Waals surface area contributed by atoms with Crippen LogP contribution in [0.2, 0.25) is 0 Å². The van der Waals surface area contributed by atoms with Crippen molar-refractivity contribution in [3.8, 4) is 17.2 Å². The SMILES string of the molecule is COc1ccc(P(=O)(c2ccccc2)c2ccc(Oc3ccc(S(=O)(=O)c4ccc(C)c(S(=O)(=O)OC)c4)cc3CS(=O)(=O)O)cc2)cc1. The molecule has 0 bridgehead atoms. The molecule has 0 heterocycles. The molecule has 11 nitrogen and oxygen atoms in total. The molecular formula is C34H31O11PS3. The zero-order valence-electron chi connectivity index (χ0n) is 26.4. The molecule has 0 aliphatic rings. The molecule has 0 saturated heterocycles. The molecule has 0 aliphatic carbocycles. The monoisotopic (exact) mass is 742 g/mol. The highest BCUT2D eigenvalue weighted by molar-refractivity contribution is 7.91. The van der Waals surface area contributed by atoms with Crippen LogP contribution >= 0.6 is 7.14 Å². The van der Waals surface area contributed by atoms with E-state index in [-0.39, 0.29) is 37.3 Å². The summed E-state index contributed by atoms with van der Waals surface area (Å²) in [4.78, 5) is -1.10. The van der Waals surface area contributed by atoms with E-state index in [1.165, 1.54) is 38.3 Å². The molecule has 256 valence electrons. The van der Waals surface area contributed by atoms with Gasteiger partial charge in [0, 0.05) is 21.5 Å². The van der Waals surface area contributed by atoms with Crippen molar-refractivity contribution in [2.45, 2.75) is 27.4 Å². The van der Waals surface area contributed by atoms with Crippen LogP contribution in [0.25, 0.3) is 0 Å². The van der Waals surface area contributed by atoms with E-state index >= 15 is 0 Å². The van der Waals surface area contributed by atoms with Crippen molar-refractivity contribution in [3.05, 3.63) is 126 Å².